The molecule has 8 N–H and O–H groups in total. The predicted octanol–water partition coefficient (Wildman–Crippen LogP) is -0.0434. The van der Waals surface area contributed by atoms with E-state index in [0.29, 0.717) is 0 Å². The van der Waals surface area contributed by atoms with Gasteiger partial charge >= 0.3 is 15.2 Å². The second-order valence-corrected chi connectivity index (χ2v) is 7.21. The van der Waals surface area contributed by atoms with Crippen molar-refractivity contribution in [2.45, 2.75) is 11.6 Å². The summed E-state index contributed by atoms with van der Waals surface area (Å²) in [6.07, 6.45) is 0. The lowest BCUT2D eigenvalue weighted by Gasteiger charge is -2.17. The molecular formula is C8H14N2O6P2. The molecule has 2 atom stereocenters. The highest BCUT2D eigenvalue weighted by Gasteiger charge is 2.29. The van der Waals surface area contributed by atoms with Crippen molar-refractivity contribution in [3.63, 3.8) is 0 Å². The Morgan fingerprint density at radius 3 is 1.50 bits per heavy atom. The quantitative estimate of drug-likeness (QED) is 0.420. The Morgan fingerprint density at radius 1 is 0.889 bits per heavy atom. The van der Waals surface area contributed by atoms with Crippen LogP contribution >= 0.6 is 15.2 Å². The summed E-state index contributed by atoms with van der Waals surface area (Å²) >= 11 is 0. The smallest absolute Gasteiger partial charge is 0.323 e. The molecule has 0 heterocycles. The fraction of sp³-hybridized carbons (Fsp3) is 0.250. The molecule has 1 aromatic carbocycles. The van der Waals surface area contributed by atoms with E-state index < -0.39 is 26.8 Å². The van der Waals surface area contributed by atoms with Gasteiger partial charge in [0, 0.05) is 0 Å². The molecule has 1 aromatic rings. The van der Waals surface area contributed by atoms with Crippen LogP contribution in [-0.4, -0.2) is 19.6 Å². The standard InChI is InChI=1S/C8H14N2O6P2/c9-7(17(11,12)13)5-2-1-3-6(4-5)8(10)18(14,15)16/h1-4,7-8H,9-10H2,(H2,11,12,13)(H2,14,15,16). The average Bonchev–Trinajstić information content (AvgIpc) is 2.24. The van der Waals surface area contributed by atoms with Crippen molar-refractivity contribution in [3.8, 4) is 0 Å². The molecule has 0 fully saturated rings. The molecule has 0 radical (unpaired) electrons. The van der Waals surface area contributed by atoms with Gasteiger partial charge in [-0.2, -0.15) is 0 Å². The number of nitrogens with two attached hydrogens (primary N) is 2. The zero-order chi connectivity index (χ0) is 14.1. The Morgan fingerprint density at radius 2 is 1.22 bits per heavy atom. The third kappa shape index (κ3) is 3.71. The van der Waals surface area contributed by atoms with Crippen LogP contribution in [0.4, 0.5) is 0 Å². The SMILES string of the molecule is NC(c1cccc(C(N)P(=O)(O)O)c1)P(=O)(O)O. The van der Waals surface area contributed by atoms with Crippen LogP contribution in [0.3, 0.4) is 0 Å². The van der Waals surface area contributed by atoms with Gasteiger partial charge in [0.25, 0.3) is 0 Å². The molecule has 2 unspecified atom stereocenters. The lowest BCUT2D eigenvalue weighted by molar-refractivity contribution is 0.359. The third-order valence-corrected chi connectivity index (χ3v) is 4.36. The Kier molecular flexibility index (Phi) is 4.48. The van der Waals surface area contributed by atoms with Crippen molar-refractivity contribution in [2.24, 2.45) is 11.5 Å². The molecule has 102 valence electrons. The van der Waals surface area contributed by atoms with E-state index in [1.807, 2.05) is 0 Å². The van der Waals surface area contributed by atoms with Gasteiger partial charge in [0.15, 0.2) is 0 Å². The van der Waals surface area contributed by atoms with Gasteiger partial charge in [0.05, 0.1) is 0 Å². The Hall–Kier alpha value is -0.560. The first-order chi connectivity index (χ1) is 8.03. The average molecular weight is 296 g/mol. The Balaban J connectivity index is 3.15. The maximum absolute atomic E-state index is 11.0. The topological polar surface area (TPSA) is 167 Å². The Labute approximate surface area is 103 Å². The number of hydrogen-bond acceptors (Lipinski definition) is 4. The maximum Gasteiger partial charge on any atom is 0.346 e. The van der Waals surface area contributed by atoms with Crippen LogP contribution in [-0.2, 0) is 9.13 Å². The van der Waals surface area contributed by atoms with Crippen LogP contribution in [0.15, 0.2) is 24.3 Å². The van der Waals surface area contributed by atoms with Gasteiger partial charge in [-0.3, -0.25) is 9.13 Å². The molecule has 10 heteroatoms. The third-order valence-electron chi connectivity index (χ3n) is 2.32. The monoisotopic (exact) mass is 296 g/mol. The summed E-state index contributed by atoms with van der Waals surface area (Å²) in [5, 5.41) is 0. The van der Waals surface area contributed by atoms with E-state index in [4.69, 9.17) is 31.0 Å². The van der Waals surface area contributed by atoms with Crippen LogP contribution in [0.25, 0.3) is 0 Å². The molecule has 0 saturated heterocycles. The molecule has 0 saturated carbocycles. The molecule has 0 aliphatic heterocycles. The summed E-state index contributed by atoms with van der Waals surface area (Å²) in [6, 6.07) is 5.24. The van der Waals surface area contributed by atoms with E-state index in [2.05, 4.69) is 0 Å². The molecule has 0 spiro atoms. The van der Waals surface area contributed by atoms with E-state index in [-0.39, 0.29) is 11.1 Å². The summed E-state index contributed by atoms with van der Waals surface area (Å²) < 4.78 is 22.0. The van der Waals surface area contributed by atoms with Crippen molar-refractivity contribution < 1.29 is 28.7 Å². The van der Waals surface area contributed by atoms with Crippen molar-refractivity contribution in [2.75, 3.05) is 0 Å². The summed E-state index contributed by atoms with van der Waals surface area (Å²) in [5.74, 6) is -3.11. The van der Waals surface area contributed by atoms with E-state index in [1.54, 1.807) is 0 Å². The summed E-state index contributed by atoms with van der Waals surface area (Å²) in [7, 11) is -9.05. The summed E-state index contributed by atoms with van der Waals surface area (Å²) in [4.78, 5) is 35.7. The van der Waals surface area contributed by atoms with Gasteiger partial charge in [0.1, 0.15) is 11.6 Å². The van der Waals surface area contributed by atoms with Crippen molar-refractivity contribution in [3.05, 3.63) is 35.4 Å². The van der Waals surface area contributed by atoms with E-state index in [9.17, 15) is 9.13 Å². The van der Waals surface area contributed by atoms with Crippen LogP contribution in [0.2, 0.25) is 0 Å². The molecule has 0 aromatic heterocycles. The maximum atomic E-state index is 11.0. The molecule has 0 bridgehead atoms. The fourth-order valence-electron chi connectivity index (χ4n) is 1.32. The van der Waals surface area contributed by atoms with Crippen molar-refractivity contribution in [1.29, 1.82) is 0 Å². The lowest BCUT2D eigenvalue weighted by atomic mass is 10.1. The van der Waals surface area contributed by atoms with Crippen LogP contribution < -0.4 is 11.5 Å². The second-order valence-electron chi connectivity index (χ2n) is 3.74. The van der Waals surface area contributed by atoms with Gasteiger partial charge in [-0.1, -0.05) is 24.3 Å². The minimum Gasteiger partial charge on any atom is -0.323 e. The second kappa shape index (κ2) is 5.21. The lowest BCUT2D eigenvalue weighted by Crippen LogP contribution is -2.14. The summed E-state index contributed by atoms with van der Waals surface area (Å²) in [5.41, 5.74) is 10.8. The first-order valence-corrected chi connectivity index (χ1v) is 8.11. The van der Waals surface area contributed by atoms with E-state index in [0.717, 1.165) is 0 Å². The van der Waals surface area contributed by atoms with Crippen LogP contribution in [0.1, 0.15) is 22.7 Å². The van der Waals surface area contributed by atoms with Gasteiger partial charge in [-0.25, -0.2) is 0 Å². The first kappa shape index (κ1) is 15.5. The minimum absolute atomic E-state index is 0.0599. The number of hydrogen-bond donors (Lipinski definition) is 6. The fourth-order valence-corrected chi connectivity index (χ4v) is 2.41. The highest BCUT2D eigenvalue weighted by atomic mass is 31.2. The molecule has 18 heavy (non-hydrogen) atoms. The Bertz CT molecular complexity index is 481. The number of rotatable bonds is 4. The minimum atomic E-state index is -4.53. The normalized spacial score (nSPS) is 16.3. The van der Waals surface area contributed by atoms with Crippen LogP contribution in [0, 0.1) is 0 Å². The molecule has 1 rings (SSSR count). The first-order valence-electron chi connectivity index (χ1n) is 4.75. The van der Waals surface area contributed by atoms with Crippen molar-refractivity contribution >= 4 is 15.2 Å². The molecular weight excluding hydrogens is 282 g/mol. The van der Waals surface area contributed by atoms with Gasteiger partial charge in [0.2, 0.25) is 0 Å². The molecule has 0 aliphatic carbocycles. The van der Waals surface area contributed by atoms with Crippen molar-refractivity contribution in [1.82, 2.24) is 0 Å². The van der Waals surface area contributed by atoms with E-state index in [1.165, 1.54) is 24.3 Å². The highest BCUT2D eigenvalue weighted by Crippen LogP contribution is 2.50. The van der Waals surface area contributed by atoms with Crippen LogP contribution in [0.5, 0.6) is 0 Å². The van der Waals surface area contributed by atoms with E-state index >= 15 is 0 Å². The largest absolute Gasteiger partial charge is 0.346 e. The van der Waals surface area contributed by atoms with Gasteiger partial charge < -0.3 is 31.0 Å². The van der Waals surface area contributed by atoms with Gasteiger partial charge in [-0.15, -0.1) is 0 Å². The van der Waals surface area contributed by atoms with Gasteiger partial charge in [-0.05, 0) is 11.1 Å². The zero-order valence-electron chi connectivity index (χ0n) is 9.12. The zero-order valence-corrected chi connectivity index (χ0v) is 10.9. The predicted molar refractivity (Wildman–Crippen MR) is 64.4 cm³/mol. The molecule has 0 amide bonds. The summed E-state index contributed by atoms with van der Waals surface area (Å²) in [6.45, 7) is 0. The molecule has 8 nitrogen and oxygen atoms in total. The molecule has 0 aliphatic rings. The highest BCUT2D eigenvalue weighted by molar-refractivity contribution is 7.52. The number of benzene rings is 1.